The largest absolute Gasteiger partial charge is 0.338 e. The predicted octanol–water partition coefficient (Wildman–Crippen LogP) is 2.65. The van der Waals surface area contributed by atoms with Crippen molar-refractivity contribution < 1.29 is 4.79 Å². The highest BCUT2D eigenvalue weighted by Gasteiger charge is 2.21. The molecule has 1 N–H and O–H groups in total. The molecule has 0 unspecified atom stereocenters. The Morgan fingerprint density at radius 2 is 2.26 bits per heavy atom. The van der Waals surface area contributed by atoms with Crippen LogP contribution in [0.1, 0.15) is 24.0 Å². The summed E-state index contributed by atoms with van der Waals surface area (Å²) >= 11 is 6.16. The van der Waals surface area contributed by atoms with Gasteiger partial charge in [0.25, 0.3) is 0 Å². The molecule has 0 spiro atoms. The second-order valence-corrected chi connectivity index (χ2v) is 5.06. The Morgan fingerprint density at radius 3 is 3.00 bits per heavy atom. The summed E-state index contributed by atoms with van der Waals surface area (Å²) in [5, 5.41) is 3.89. The number of hydrogen-bond acceptors (Lipinski definition) is 2. The Kier molecular flexibility index (Phi) is 6.63. The van der Waals surface area contributed by atoms with Gasteiger partial charge in [-0.05, 0) is 43.6 Å². The molecule has 2 rings (SSSR count). The lowest BCUT2D eigenvalue weighted by molar-refractivity contribution is -0.132. The van der Waals surface area contributed by atoms with E-state index in [1.54, 1.807) is 0 Å². The quantitative estimate of drug-likeness (QED) is 0.867. The minimum atomic E-state index is 0. The number of amides is 1. The van der Waals surface area contributed by atoms with Gasteiger partial charge in [0.1, 0.15) is 0 Å². The molecule has 3 nitrogen and oxygen atoms in total. The number of hydrogen-bond donors (Lipinski definition) is 1. The molecular formula is C14H20Cl2N2O. The maximum Gasteiger partial charge on any atom is 0.222 e. The van der Waals surface area contributed by atoms with E-state index >= 15 is 0 Å². The zero-order valence-corrected chi connectivity index (χ0v) is 12.7. The average molecular weight is 303 g/mol. The molecule has 1 aliphatic rings. The zero-order valence-electron chi connectivity index (χ0n) is 11.1. The van der Waals surface area contributed by atoms with Crippen LogP contribution in [0.4, 0.5) is 0 Å². The van der Waals surface area contributed by atoms with Crippen molar-refractivity contribution in [1.29, 1.82) is 0 Å². The first-order valence-corrected chi connectivity index (χ1v) is 6.79. The van der Waals surface area contributed by atoms with E-state index in [9.17, 15) is 4.79 Å². The molecule has 1 aromatic rings. The fourth-order valence-electron chi connectivity index (χ4n) is 2.35. The lowest BCUT2D eigenvalue weighted by Crippen LogP contribution is -2.36. The summed E-state index contributed by atoms with van der Waals surface area (Å²) in [4.78, 5) is 14.0. The van der Waals surface area contributed by atoms with Crippen molar-refractivity contribution in [2.24, 2.45) is 0 Å². The molecule has 1 heterocycles. The minimum Gasteiger partial charge on any atom is -0.338 e. The molecule has 0 aliphatic carbocycles. The van der Waals surface area contributed by atoms with Crippen molar-refractivity contribution in [3.05, 3.63) is 34.3 Å². The first-order chi connectivity index (χ1) is 8.72. The highest BCUT2D eigenvalue weighted by Crippen LogP contribution is 2.26. The molecule has 1 aliphatic heterocycles. The van der Waals surface area contributed by atoms with Gasteiger partial charge in [-0.3, -0.25) is 4.79 Å². The van der Waals surface area contributed by atoms with Gasteiger partial charge >= 0.3 is 0 Å². The first-order valence-electron chi connectivity index (χ1n) is 6.41. The molecule has 0 fully saturated rings. The number of nitrogens with one attached hydrogen (secondary N) is 1. The summed E-state index contributed by atoms with van der Waals surface area (Å²) < 4.78 is 0. The third-order valence-electron chi connectivity index (χ3n) is 3.38. The lowest BCUT2D eigenvalue weighted by atomic mass is 9.99. The van der Waals surface area contributed by atoms with Crippen LogP contribution < -0.4 is 5.32 Å². The highest BCUT2D eigenvalue weighted by molar-refractivity contribution is 6.31. The van der Waals surface area contributed by atoms with Gasteiger partial charge in [-0.25, -0.2) is 0 Å². The zero-order chi connectivity index (χ0) is 13.0. The van der Waals surface area contributed by atoms with Gasteiger partial charge < -0.3 is 10.2 Å². The Labute approximate surface area is 125 Å². The third kappa shape index (κ3) is 4.10. The average Bonchev–Trinajstić information content (AvgIpc) is 2.39. The van der Waals surface area contributed by atoms with Crippen LogP contribution >= 0.6 is 24.0 Å². The predicted molar refractivity (Wildman–Crippen MR) is 81.0 cm³/mol. The van der Waals surface area contributed by atoms with Crippen LogP contribution in [-0.4, -0.2) is 30.9 Å². The van der Waals surface area contributed by atoms with Crippen LogP contribution in [0.2, 0.25) is 5.02 Å². The molecule has 1 amide bonds. The van der Waals surface area contributed by atoms with E-state index in [-0.39, 0.29) is 18.3 Å². The first kappa shape index (κ1) is 16.3. The Morgan fingerprint density at radius 1 is 1.47 bits per heavy atom. The van der Waals surface area contributed by atoms with Gasteiger partial charge in [0, 0.05) is 24.5 Å². The van der Waals surface area contributed by atoms with E-state index in [0.29, 0.717) is 13.0 Å². The summed E-state index contributed by atoms with van der Waals surface area (Å²) in [5.41, 5.74) is 2.40. The van der Waals surface area contributed by atoms with Gasteiger partial charge in [0.15, 0.2) is 0 Å². The van der Waals surface area contributed by atoms with Crippen molar-refractivity contribution in [2.45, 2.75) is 25.8 Å². The van der Waals surface area contributed by atoms with Crippen LogP contribution in [0.5, 0.6) is 0 Å². The number of carbonyl (C=O) groups excluding carboxylic acids is 1. The smallest absolute Gasteiger partial charge is 0.222 e. The molecule has 0 saturated heterocycles. The van der Waals surface area contributed by atoms with E-state index in [4.69, 9.17) is 11.6 Å². The number of fused-ring (bicyclic) bond motifs is 1. The summed E-state index contributed by atoms with van der Waals surface area (Å²) in [6.45, 7) is 2.38. The second-order valence-electron chi connectivity index (χ2n) is 4.65. The number of carbonyl (C=O) groups is 1. The van der Waals surface area contributed by atoms with Crippen molar-refractivity contribution in [2.75, 3.05) is 20.1 Å². The highest BCUT2D eigenvalue weighted by atomic mass is 35.5. The maximum atomic E-state index is 12.0. The number of rotatable bonds is 4. The molecule has 0 atom stereocenters. The third-order valence-corrected chi connectivity index (χ3v) is 3.73. The van der Waals surface area contributed by atoms with E-state index in [0.717, 1.165) is 31.0 Å². The SMILES string of the molecule is CNCCCC(=O)N1CCc2c(Cl)cccc2C1.Cl. The van der Waals surface area contributed by atoms with Crippen LogP contribution in [0, 0.1) is 0 Å². The van der Waals surface area contributed by atoms with Crippen molar-refractivity contribution in [3.63, 3.8) is 0 Å². The molecule has 1 aromatic carbocycles. The molecular weight excluding hydrogens is 283 g/mol. The monoisotopic (exact) mass is 302 g/mol. The molecule has 0 radical (unpaired) electrons. The topological polar surface area (TPSA) is 32.3 Å². The maximum absolute atomic E-state index is 12.0. The summed E-state index contributed by atoms with van der Waals surface area (Å²) in [7, 11) is 1.91. The molecule has 106 valence electrons. The lowest BCUT2D eigenvalue weighted by Gasteiger charge is -2.29. The fourth-order valence-corrected chi connectivity index (χ4v) is 2.64. The van der Waals surface area contributed by atoms with Crippen molar-refractivity contribution >= 4 is 29.9 Å². The Bertz CT molecular complexity index is 437. The molecule has 0 bridgehead atoms. The number of halogens is 2. The van der Waals surface area contributed by atoms with Gasteiger partial charge in [-0.15, -0.1) is 12.4 Å². The van der Waals surface area contributed by atoms with Gasteiger partial charge in [-0.2, -0.15) is 0 Å². The minimum absolute atomic E-state index is 0. The summed E-state index contributed by atoms with van der Waals surface area (Å²) in [5.74, 6) is 0.246. The van der Waals surface area contributed by atoms with Gasteiger partial charge in [0.05, 0.1) is 0 Å². The van der Waals surface area contributed by atoms with Gasteiger partial charge in [0.2, 0.25) is 5.91 Å². The van der Waals surface area contributed by atoms with Crippen LogP contribution in [0.25, 0.3) is 0 Å². The molecule has 19 heavy (non-hydrogen) atoms. The van der Waals surface area contributed by atoms with Gasteiger partial charge in [-0.1, -0.05) is 23.7 Å². The van der Waals surface area contributed by atoms with Crippen LogP contribution in [0.15, 0.2) is 18.2 Å². The number of benzene rings is 1. The second kappa shape index (κ2) is 7.73. The standard InChI is InChI=1S/C14H19ClN2O.ClH/c1-16-8-3-6-14(18)17-9-7-12-11(10-17)4-2-5-13(12)15;/h2,4-5,16H,3,6-10H2,1H3;1H. The van der Waals surface area contributed by atoms with Crippen LogP contribution in [-0.2, 0) is 17.8 Å². The molecule has 0 saturated carbocycles. The Hall–Kier alpha value is -0.770. The summed E-state index contributed by atoms with van der Waals surface area (Å²) in [6.07, 6.45) is 2.39. The fraction of sp³-hybridized carbons (Fsp3) is 0.500. The summed E-state index contributed by atoms with van der Waals surface area (Å²) in [6, 6.07) is 5.94. The van der Waals surface area contributed by atoms with E-state index in [1.807, 2.05) is 24.1 Å². The van der Waals surface area contributed by atoms with Crippen molar-refractivity contribution in [3.8, 4) is 0 Å². The van der Waals surface area contributed by atoms with E-state index in [1.165, 1.54) is 11.1 Å². The van der Waals surface area contributed by atoms with Crippen molar-refractivity contribution in [1.82, 2.24) is 10.2 Å². The van der Waals surface area contributed by atoms with E-state index in [2.05, 4.69) is 11.4 Å². The Balaban J connectivity index is 0.00000180. The van der Waals surface area contributed by atoms with E-state index < -0.39 is 0 Å². The molecule has 0 aromatic heterocycles. The normalized spacial score (nSPS) is 13.7. The number of nitrogens with zero attached hydrogens (tertiary/aromatic N) is 1. The van der Waals surface area contributed by atoms with Crippen LogP contribution in [0.3, 0.4) is 0 Å². The molecule has 5 heteroatoms.